The first-order valence-corrected chi connectivity index (χ1v) is 4.58. The fourth-order valence-corrected chi connectivity index (χ4v) is 0.920. The highest BCUT2D eigenvalue weighted by Gasteiger charge is 2.20. The molecule has 0 unspecified atom stereocenters. The molecule has 0 aromatic heterocycles. The first-order valence-electron chi connectivity index (χ1n) is 4.58. The van der Waals surface area contributed by atoms with Gasteiger partial charge in [0.1, 0.15) is 0 Å². The smallest absolute Gasteiger partial charge is 0.312 e. The van der Waals surface area contributed by atoms with Crippen molar-refractivity contribution in [1.82, 2.24) is 10.2 Å². The second-order valence-electron chi connectivity index (χ2n) is 2.83. The van der Waals surface area contributed by atoms with Gasteiger partial charge in [0, 0.05) is 19.6 Å². The summed E-state index contributed by atoms with van der Waals surface area (Å²) in [5.74, 6) is -2.20. The lowest BCUT2D eigenvalue weighted by atomic mass is 10.4. The Hall–Kier alpha value is -1.63. The van der Waals surface area contributed by atoms with Crippen LogP contribution in [0.25, 0.3) is 0 Å². The number of amides is 3. The van der Waals surface area contributed by atoms with E-state index in [1.165, 1.54) is 0 Å². The van der Waals surface area contributed by atoms with Crippen molar-refractivity contribution in [1.29, 1.82) is 0 Å². The van der Waals surface area contributed by atoms with E-state index >= 15 is 0 Å². The van der Waals surface area contributed by atoms with Gasteiger partial charge in [0.05, 0.1) is 6.54 Å². The third-order valence-corrected chi connectivity index (χ3v) is 1.64. The van der Waals surface area contributed by atoms with Crippen LogP contribution in [0, 0.1) is 0 Å². The summed E-state index contributed by atoms with van der Waals surface area (Å²) in [4.78, 5) is 34.2. The van der Waals surface area contributed by atoms with Crippen LogP contribution in [-0.4, -0.2) is 48.8 Å². The van der Waals surface area contributed by atoms with E-state index in [9.17, 15) is 14.4 Å². The number of hydrogen-bond donors (Lipinski definition) is 3. The van der Waals surface area contributed by atoms with E-state index in [2.05, 4.69) is 5.32 Å². The molecule has 0 spiro atoms. The number of rotatable bonds is 5. The normalized spacial score (nSPS) is 9.47. The molecule has 0 aliphatic rings. The fraction of sp³-hybridized carbons (Fsp3) is 0.625. The number of nitrogens with one attached hydrogen (secondary N) is 1. The highest BCUT2D eigenvalue weighted by molar-refractivity contribution is 6.35. The summed E-state index contributed by atoms with van der Waals surface area (Å²) in [6.45, 7) is 2.11. The molecule has 0 bridgehead atoms. The lowest BCUT2D eigenvalue weighted by molar-refractivity contribution is -0.146. The van der Waals surface area contributed by atoms with Crippen LogP contribution in [0.2, 0.25) is 0 Å². The predicted octanol–water partition coefficient (Wildman–Crippen LogP) is -2.60. The summed E-state index contributed by atoms with van der Waals surface area (Å²) in [6, 6.07) is 0. The van der Waals surface area contributed by atoms with Crippen LogP contribution < -0.4 is 16.8 Å². The first-order chi connectivity index (χ1) is 7.02. The van der Waals surface area contributed by atoms with Crippen molar-refractivity contribution in [2.45, 2.75) is 6.92 Å². The highest BCUT2D eigenvalue weighted by Crippen LogP contribution is 1.89. The van der Waals surface area contributed by atoms with Gasteiger partial charge in [-0.1, -0.05) is 0 Å². The SMILES string of the molecule is CCN(CC(N)=O)C(=O)C(=O)NCCN. The molecule has 3 amide bonds. The zero-order valence-corrected chi connectivity index (χ0v) is 8.66. The lowest BCUT2D eigenvalue weighted by Crippen LogP contribution is -2.47. The van der Waals surface area contributed by atoms with E-state index in [0.717, 1.165) is 4.90 Å². The van der Waals surface area contributed by atoms with Crippen LogP contribution in [0.3, 0.4) is 0 Å². The Morgan fingerprint density at radius 1 is 1.33 bits per heavy atom. The number of nitrogens with two attached hydrogens (primary N) is 2. The van der Waals surface area contributed by atoms with Crippen LogP contribution in [0.5, 0.6) is 0 Å². The minimum Gasteiger partial charge on any atom is -0.368 e. The average Bonchev–Trinajstić information content (AvgIpc) is 2.21. The second kappa shape index (κ2) is 6.77. The molecule has 0 aromatic carbocycles. The summed E-state index contributed by atoms with van der Waals surface area (Å²) in [6.07, 6.45) is 0. The van der Waals surface area contributed by atoms with Crippen molar-refractivity contribution in [2.75, 3.05) is 26.2 Å². The maximum Gasteiger partial charge on any atom is 0.312 e. The van der Waals surface area contributed by atoms with Gasteiger partial charge in [-0.25, -0.2) is 0 Å². The molecule has 0 rings (SSSR count). The quantitative estimate of drug-likeness (QED) is 0.436. The molecule has 0 radical (unpaired) electrons. The van der Waals surface area contributed by atoms with Crippen LogP contribution in [0.1, 0.15) is 6.92 Å². The molecular formula is C8H16N4O3. The zero-order valence-electron chi connectivity index (χ0n) is 8.66. The topological polar surface area (TPSA) is 119 Å². The molecule has 0 heterocycles. The van der Waals surface area contributed by atoms with E-state index < -0.39 is 17.7 Å². The molecule has 5 N–H and O–H groups in total. The number of carbonyl (C=O) groups excluding carboxylic acids is 3. The van der Waals surface area contributed by atoms with Gasteiger partial charge in [-0.15, -0.1) is 0 Å². The molecule has 0 aliphatic carbocycles. The molecule has 0 aromatic rings. The number of hydrogen-bond acceptors (Lipinski definition) is 4. The van der Waals surface area contributed by atoms with Crippen molar-refractivity contribution in [3.8, 4) is 0 Å². The molecule has 0 aliphatic heterocycles. The van der Waals surface area contributed by atoms with E-state index in [1.54, 1.807) is 6.92 Å². The Kier molecular flexibility index (Phi) is 6.03. The number of carbonyl (C=O) groups is 3. The first kappa shape index (κ1) is 13.4. The standard InChI is InChI=1S/C8H16N4O3/c1-2-12(5-6(10)13)8(15)7(14)11-4-3-9/h2-5,9H2,1H3,(H2,10,13)(H,11,14). The van der Waals surface area contributed by atoms with E-state index in [4.69, 9.17) is 11.5 Å². The zero-order chi connectivity index (χ0) is 11.8. The maximum atomic E-state index is 11.4. The van der Waals surface area contributed by atoms with Crippen molar-refractivity contribution >= 4 is 17.7 Å². The Bertz CT molecular complexity index is 254. The van der Waals surface area contributed by atoms with Crippen molar-refractivity contribution in [3.63, 3.8) is 0 Å². The van der Waals surface area contributed by atoms with Gasteiger partial charge in [0.15, 0.2) is 0 Å². The minimum absolute atomic E-state index is 0.221. The second-order valence-corrected chi connectivity index (χ2v) is 2.83. The molecule has 0 atom stereocenters. The van der Waals surface area contributed by atoms with Crippen molar-refractivity contribution in [3.05, 3.63) is 0 Å². The van der Waals surface area contributed by atoms with Gasteiger partial charge in [-0.2, -0.15) is 0 Å². The molecule has 7 heteroatoms. The van der Waals surface area contributed by atoms with E-state index in [-0.39, 0.29) is 26.2 Å². The van der Waals surface area contributed by atoms with Gasteiger partial charge in [-0.05, 0) is 6.92 Å². The van der Waals surface area contributed by atoms with Crippen molar-refractivity contribution < 1.29 is 14.4 Å². The third kappa shape index (κ3) is 4.96. The average molecular weight is 216 g/mol. The Balaban J connectivity index is 4.24. The molecular weight excluding hydrogens is 200 g/mol. The number of nitrogens with zero attached hydrogens (tertiary/aromatic N) is 1. The van der Waals surface area contributed by atoms with E-state index in [0.29, 0.717) is 0 Å². The predicted molar refractivity (Wildman–Crippen MR) is 53.5 cm³/mol. The van der Waals surface area contributed by atoms with Crippen LogP contribution in [0.4, 0.5) is 0 Å². The molecule has 0 saturated carbocycles. The lowest BCUT2D eigenvalue weighted by Gasteiger charge is -2.17. The van der Waals surface area contributed by atoms with Gasteiger partial charge < -0.3 is 21.7 Å². The van der Waals surface area contributed by atoms with Gasteiger partial charge in [0.25, 0.3) is 0 Å². The monoisotopic (exact) mass is 216 g/mol. The summed E-state index contributed by atoms with van der Waals surface area (Å²) < 4.78 is 0. The van der Waals surface area contributed by atoms with Gasteiger partial charge in [0.2, 0.25) is 5.91 Å². The Morgan fingerprint density at radius 3 is 2.33 bits per heavy atom. The molecule has 0 fully saturated rings. The van der Waals surface area contributed by atoms with Gasteiger partial charge >= 0.3 is 11.8 Å². The molecule has 86 valence electrons. The molecule has 15 heavy (non-hydrogen) atoms. The summed E-state index contributed by atoms with van der Waals surface area (Å²) >= 11 is 0. The summed E-state index contributed by atoms with van der Waals surface area (Å²) in [7, 11) is 0. The van der Waals surface area contributed by atoms with Gasteiger partial charge in [-0.3, -0.25) is 14.4 Å². The summed E-state index contributed by atoms with van der Waals surface area (Å²) in [5.41, 5.74) is 10.1. The minimum atomic E-state index is -0.774. The Labute approximate surface area is 87.8 Å². The summed E-state index contributed by atoms with van der Waals surface area (Å²) in [5, 5.41) is 2.31. The number of likely N-dealkylation sites (N-methyl/N-ethyl adjacent to an activating group) is 1. The number of primary amides is 1. The maximum absolute atomic E-state index is 11.4. The van der Waals surface area contributed by atoms with E-state index in [1.807, 2.05) is 0 Å². The largest absolute Gasteiger partial charge is 0.368 e. The van der Waals surface area contributed by atoms with Crippen LogP contribution in [-0.2, 0) is 14.4 Å². The highest BCUT2D eigenvalue weighted by atomic mass is 16.2. The van der Waals surface area contributed by atoms with Crippen LogP contribution >= 0.6 is 0 Å². The molecule has 0 saturated heterocycles. The Morgan fingerprint density at radius 2 is 1.93 bits per heavy atom. The van der Waals surface area contributed by atoms with Crippen LogP contribution in [0.15, 0.2) is 0 Å². The third-order valence-electron chi connectivity index (χ3n) is 1.64. The fourth-order valence-electron chi connectivity index (χ4n) is 0.920. The van der Waals surface area contributed by atoms with Crippen molar-refractivity contribution in [2.24, 2.45) is 11.5 Å². The molecule has 7 nitrogen and oxygen atoms in total.